The second-order valence-electron chi connectivity index (χ2n) is 7.72. The first-order valence-corrected chi connectivity index (χ1v) is 12.7. The lowest BCUT2D eigenvalue weighted by molar-refractivity contribution is -0.115. The van der Waals surface area contributed by atoms with Crippen LogP contribution in [0.1, 0.15) is 30.5 Å². The molecule has 0 aliphatic carbocycles. The molecular formula is C23H25N3O3S2. The molecule has 0 saturated carbocycles. The summed E-state index contributed by atoms with van der Waals surface area (Å²) in [5, 5.41) is 5.60. The highest BCUT2D eigenvalue weighted by Gasteiger charge is 2.25. The van der Waals surface area contributed by atoms with Gasteiger partial charge in [0, 0.05) is 29.7 Å². The Bertz CT molecular complexity index is 1150. The number of benzene rings is 2. The van der Waals surface area contributed by atoms with Crippen LogP contribution in [0.15, 0.2) is 58.8 Å². The molecule has 0 radical (unpaired) electrons. The molecule has 1 aliphatic rings. The van der Waals surface area contributed by atoms with Crippen LogP contribution in [0.2, 0.25) is 0 Å². The number of nitrogens with zero attached hydrogens (tertiary/aromatic N) is 2. The van der Waals surface area contributed by atoms with Crippen LogP contribution < -0.4 is 5.32 Å². The Morgan fingerprint density at radius 2 is 1.71 bits per heavy atom. The minimum absolute atomic E-state index is 0.163. The van der Waals surface area contributed by atoms with Crippen molar-refractivity contribution in [3.63, 3.8) is 0 Å². The van der Waals surface area contributed by atoms with Crippen LogP contribution in [0.25, 0.3) is 10.6 Å². The summed E-state index contributed by atoms with van der Waals surface area (Å²) >= 11 is 1.51. The number of piperidine rings is 1. The van der Waals surface area contributed by atoms with Crippen molar-refractivity contribution in [2.75, 3.05) is 18.4 Å². The van der Waals surface area contributed by atoms with E-state index in [4.69, 9.17) is 0 Å². The lowest BCUT2D eigenvalue weighted by Gasteiger charge is -2.25. The summed E-state index contributed by atoms with van der Waals surface area (Å²) in [4.78, 5) is 17.3. The first-order chi connectivity index (χ1) is 14.9. The number of aromatic nitrogens is 1. The molecule has 1 fully saturated rings. The third kappa shape index (κ3) is 5.20. The van der Waals surface area contributed by atoms with Crippen LogP contribution in [-0.2, 0) is 21.2 Å². The SMILES string of the molecule is Cc1ccc(-c2nc(CC(=O)Nc3ccc(S(=O)(=O)N4CCCCC4)cc3)cs2)cc1. The number of carbonyl (C=O) groups excluding carboxylic acids is 1. The Hall–Kier alpha value is -2.55. The van der Waals surface area contributed by atoms with E-state index in [0.29, 0.717) is 24.5 Å². The van der Waals surface area contributed by atoms with Crippen LogP contribution >= 0.6 is 11.3 Å². The average molecular weight is 456 g/mol. The summed E-state index contributed by atoms with van der Waals surface area (Å²) in [6.07, 6.45) is 3.03. The third-order valence-electron chi connectivity index (χ3n) is 5.28. The number of sulfonamides is 1. The fraction of sp³-hybridized carbons (Fsp3) is 0.304. The molecule has 1 aromatic heterocycles. The van der Waals surface area contributed by atoms with Gasteiger partial charge in [-0.3, -0.25) is 4.79 Å². The van der Waals surface area contributed by atoms with Crippen LogP contribution in [0, 0.1) is 6.92 Å². The molecule has 31 heavy (non-hydrogen) atoms. The molecule has 8 heteroatoms. The molecule has 0 atom stereocenters. The van der Waals surface area contributed by atoms with E-state index in [0.717, 1.165) is 29.8 Å². The lowest BCUT2D eigenvalue weighted by Crippen LogP contribution is -2.35. The Morgan fingerprint density at radius 3 is 2.39 bits per heavy atom. The zero-order chi connectivity index (χ0) is 21.8. The molecule has 0 spiro atoms. The molecule has 1 aliphatic heterocycles. The highest BCUT2D eigenvalue weighted by molar-refractivity contribution is 7.89. The first kappa shape index (κ1) is 21.7. The largest absolute Gasteiger partial charge is 0.326 e. The molecular weight excluding hydrogens is 430 g/mol. The predicted octanol–water partition coefficient (Wildman–Crippen LogP) is 4.47. The molecule has 0 bridgehead atoms. The van der Waals surface area contributed by atoms with E-state index in [1.165, 1.54) is 21.2 Å². The maximum Gasteiger partial charge on any atom is 0.243 e. The van der Waals surface area contributed by atoms with E-state index in [9.17, 15) is 13.2 Å². The average Bonchev–Trinajstić information content (AvgIpc) is 3.23. The molecule has 162 valence electrons. The normalized spacial score (nSPS) is 15.0. The molecule has 1 amide bonds. The van der Waals surface area contributed by atoms with Gasteiger partial charge in [-0.05, 0) is 44.0 Å². The van der Waals surface area contributed by atoms with Gasteiger partial charge in [-0.1, -0.05) is 36.2 Å². The minimum atomic E-state index is -3.47. The highest BCUT2D eigenvalue weighted by atomic mass is 32.2. The summed E-state index contributed by atoms with van der Waals surface area (Å²) in [7, 11) is -3.47. The Kier molecular flexibility index (Phi) is 6.50. The van der Waals surface area contributed by atoms with Gasteiger partial charge in [0.15, 0.2) is 0 Å². The number of nitrogens with one attached hydrogen (secondary N) is 1. The van der Waals surface area contributed by atoms with Gasteiger partial charge in [0.05, 0.1) is 17.0 Å². The standard InChI is InChI=1S/C23H25N3O3S2/c1-17-5-7-18(8-6-17)23-25-20(16-30-23)15-22(27)24-19-9-11-21(12-10-19)31(28,29)26-13-3-2-4-14-26/h5-12,16H,2-4,13-15H2,1H3,(H,24,27). The number of thiazole rings is 1. The van der Waals surface area contributed by atoms with E-state index in [1.807, 2.05) is 36.6 Å². The topological polar surface area (TPSA) is 79.4 Å². The molecule has 3 aromatic rings. The van der Waals surface area contributed by atoms with Gasteiger partial charge >= 0.3 is 0 Å². The smallest absolute Gasteiger partial charge is 0.243 e. The van der Waals surface area contributed by atoms with Gasteiger partial charge in [0.1, 0.15) is 5.01 Å². The summed E-state index contributed by atoms with van der Waals surface area (Å²) < 4.78 is 27.0. The number of anilines is 1. The van der Waals surface area contributed by atoms with Gasteiger partial charge in [-0.25, -0.2) is 13.4 Å². The van der Waals surface area contributed by atoms with E-state index in [-0.39, 0.29) is 17.2 Å². The van der Waals surface area contributed by atoms with Crippen molar-refractivity contribution < 1.29 is 13.2 Å². The van der Waals surface area contributed by atoms with E-state index in [1.54, 1.807) is 24.3 Å². The number of aryl methyl sites for hydroxylation is 1. The van der Waals surface area contributed by atoms with Crippen molar-refractivity contribution in [3.05, 3.63) is 65.2 Å². The molecule has 1 saturated heterocycles. The van der Waals surface area contributed by atoms with Gasteiger partial charge in [0.25, 0.3) is 0 Å². The highest BCUT2D eigenvalue weighted by Crippen LogP contribution is 2.25. The van der Waals surface area contributed by atoms with Crippen LogP contribution in [-0.4, -0.2) is 36.7 Å². The van der Waals surface area contributed by atoms with Crippen molar-refractivity contribution in [2.45, 2.75) is 37.5 Å². The molecule has 4 rings (SSSR count). The number of hydrogen-bond donors (Lipinski definition) is 1. The fourth-order valence-electron chi connectivity index (χ4n) is 3.55. The van der Waals surface area contributed by atoms with Crippen molar-refractivity contribution >= 4 is 33.0 Å². The zero-order valence-electron chi connectivity index (χ0n) is 17.4. The maximum atomic E-state index is 12.7. The Morgan fingerprint density at radius 1 is 1.03 bits per heavy atom. The number of rotatable bonds is 6. The van der Waals surface area contributed by atoms with E-state index in [2.05, 4.69) is 10.3 Å². The molecule has 2 aromatic carbocycles. The van der Waals surface area contributed by atoms with Crippen molar-refractivity contribution in [3.8, 4) is 10.6 Å². The lowest BCUT2D eigenvalue weighted by atomic mass is 10.2. The summed E-state index contributed by atoms with van der Waals surface area (Å²) in [5.41, 5.74) is 3.50. The quantitative estimate of drug-likeness (QED) is 0.595. The number of amides is 1. The summed E-state index contributed by atoms with van der Waals surface area (Å²) in [6.45, 7) is 3.18. The third-order valence-corrected chi connectivity index (χ3v) is 8.14. The second kappa shape index (κ2) is 9.30. The van der Waals surface area contributed by atoms with Gasteiger partial charge in [-0.15, -0.1) is 11.3 Å². The number of carbonyl (C=O) groups is 1. The predicted molar refractivity (Wildman–Crippen MR) is 124 cm³/mol. The minimum Gasteiger partial charge on any atom is -0.326 e. The number of hydrogen-bond acceptors (Lipinski definition) is 5. The molecule has 2 heterocycles. The maximum absolute atomic E-state index is 12.7. The van der Waals surface area contributed by atoms with Gasteiger partial charge in [-0.2, -0.15) is 4.31 Å². The monoisotopic (exact) mass is 455 g/mol. The van der Waals surface area contributed by atoms with E-state index < -0.39 is 10.0 Å². The summed E-state index contributed by atoms with van der Waals surface area (Å²) in [5.74, 6) is -0.188. The van der Waals surface area contributed by atoms with Crippen molar-refractivity contribution in [1.82, 2.24) is 9.29 Å². The van der Waals surface area contributed by atoms with Crippen LogP contribution in [0.4, 0.5) is 5.69 Å². The fourth-order valence-corrected chi connectivity index (χ4v) is 5.89. The molecule has 6 nitrogen and oxygen atoms in total. The van der Waals surface area contributed by atoms with Crippen LogP contribution in [0.3, 0.4) is 0 Å². The Labute approximate surface area is 187 Å². The van der Waals surface area contributed by atoms with Crippen LogP contribution in [0.5, 0.6) is 0 Å². The second-order valence-corrected chi connectivity index (χ2v) is 10.5. The van der Waals surface area contributed by atoms with Crippen molar-refractivity contribution in [1.29, 1.82) is 0 Å². The zero-order valence-corrected chi connectivity index (χ0v) is 19.0. The van der Waals surface area contributed by atoms with Gasteiger partial charge in [0.2, 0.25) is 15.9 Å². The van der Waals surface area contributed by atoms with Crippen molar-refractivity contribution in [2.24, 2.45) is 0 Å². The summed E-state index contributed by atoms with van der Waals surface area (Å²) in [6, 6.07) is 14.5. The Balaban J connectivity index is 1.37. The first-order valence-electron chi connectivity index (χ1n) is 10.3. The van der Waals surface area contributed by atoms with E-state index >= 15 is 0 Å². The van der Waals surface area contributed by atoms with Gasteiger partial charge < -0.3 is 5.32 Å². The molecule has 1 N–H and O–H groups in total. The molecule has 0 unspecified atom stereocenters.